The van der Waals surface area contributed by atoms with Crippen LogP contribution in [-0.4, -0.2) is 24.3 Å². The van der Waals surface area contributed by atoms with Crippen LogP contribution in [0.4, 0.5) is 5.13 Å². The number of carbonyl (C=O) groups is 1. The number of ether oxygens (including phenoxy) is 2. The van der Waals surface area contributed by atoms with Gasteiger partial charge in [-0.05, 0) is 54.4 Å². The Balaban J connectivity index is 1.45. The first-order valence-corrected chi connectivity index (χ1v) is 11.8. The molecular formula is C25H30N2O3S. The Morgan fingerprint density at radius 3 is 2.45 bits per heavy atom. The van der Waals surface area contributed by atoms with Crippen molar-refractivity contribution in [1.29, 1.82) is 0 Å². The zero-order valence-corrected chi connectivity index (χ0v) is 19.1. The quantitative estimate of drug-likeness (QED) is 0.131. The molecule has 5 nitrogen and oxygen atoms in total. The van der Waals surface area contributed by atoms with Gasteiger partial charge in [-0.1, -0.05) is 56.8 Å². The lowest BCUT2D eigenvalue weighted by atomic mass is 10.1. The standard InChI is InChI=1S/C25H30N2O3S/c1-3-4-5-6-7-8-9-10-24(28)30-20-13-11-19(12-14-20)18-26-25-27-22-16-15-21(29-2)17-23(22)31-25/h11-18H,3-10H2,1-2H3/b26-18+. The number of thiazole rings is 1. The first kappa shape index (κ1) is 22.9. The summed E-state index contributed by atoms with van der Waals surface area (Å²) in [5.74, 6) is 1.21. The lowest BCUT2D eigenvalue weighted by Gasteiger charge is -2.05. The predicted molar refractivity (Wildman–Crippen MR) is 128 cm³/mol. The molecule has 0 saturated heterocycles. The molecule has 3 rings (SSSR count). The van der Waals surface area contributed by atoms with E-state index < -0.39 is 0 Å². The molecule has 31 heavy (non-hydrogen) atoms. The van der Waals surface area contributed by atoms with E-state index in [2.05, 4.69) is 16.9 Å². The molecule has 0 unspecified atom stereocenters. The highest BCUT2D eigenvalue weighted by Crippen LogP contribution is 2.30. The molecule has 6 heteroatoms. The number of fused-ring (bicyclic) bond motifs is 1. The maximum absolute atomic E-state index is 12.0. The Morgan fingerprint density at radius 2 is 1.71 bits per heavy atom. The molecule has 0 atom stereocenters. The summed E-state index contributed by atoms with van der Waals surface area (Å²) in [6.45, 7) is 2.22. The maximum atomic E-state index is 12.0. The van der Waals surface area contributed by atoms with E-state index in [9.17, 15) is 4.79 Å². The molecular weight excluding hydrogens is 408 g/mol. The fraction of sp³-hybridized carbons (Fsp3) is 0.400. The Hall–Kier alpha value is -2.73. The largest absolute Gasteiger partial charge is 0.497 e. The van der Waals surface area contributed by atoms with Crippen LogP contribution in [0.1, 0.15) is 63.9 Å². The van der Waals surface area contributed by atoms with Crippen LogP contribution in [0.25, 0.3) is 10.2 Å². The van der Waals surface area contributed by atoms with Gasteiger partial charge in [0.1, 0.15) is 11.5 Å². The smallest absolute Gasteiger partial charge is 0.311 e. The van der Waals surface area contributed by atoms with Crippen LogP contribution >= 0.6 is 11.3 Å². The molecule has 1 aromatic heterocycles. The number of carbonyl (C=O) groups excluding carboxylic acids is 1. The van der Waals surface area contributed by atoms with Crippen molar-refractivity contribution in [3.05, 3.63) is 48.0 Å². The fourth-order valence-corrected chi connectivity index (χ4v) is 4.08. The highest BCUT2D eigenvalue weighted by Gasteiger charge is 2.06. The molecule has 0 amide bonds. The average molecular weight is 439 g/mol. The Labute approximate surface area is 188 Å². The molecule has 0 N–H and O–H groups in total. The number of benzene rings is 2. The molecule has 0 saturated carbocycles. The summed E-state index contributed by atoms with van der Waals surface area (Å²) in [6.07, 6.45) is 10.5. The highest BCUT2D eigenvalue weighted by molar-refractivity contribution is 7.22. The molecule has 0 aliphatic rings. The summed E-state index contributed by atoms with van der Waals surface area (Å²) in [5, 5.41) is 0.688. The molecule has 0 spiro atoms. The minimum atomic E-state index is -0.167. The van der Waals surface area contributed by atoms with Gasteiger partial charge in [-0.3, -0.25) is 4.79 Å². The summed E-state index contributed by atoms with van der Waals surface area (Å²) in [7, 11) is 1.65. The summed E-state index contributed by atoms with van der Waals surface area (Å²) in [6, 6.07) is 13.1. The number of aromatic nitrogens is 1. The van der Waals surface area contributed by atoms with Gasteiger partial charge in [0.25, 0.3) is 0 Å². The second-order valence-electron chi connectivity index (χ2n) is 7.50. The lowest BCUT2D eigenvalue weighted by molar-refractivity contribution is -0.134. The van der Waals surface area contributed by atoms with E-state index in [1.807, 2.05) is 30.3 Å². The van der Waals surface area contributed by atoms with Crippen LogP contribution in [0.5, 0.6) is 11.5 Å². The van der Waals surface area contributed by atoms with Crippen molar-refractivity contribution in [1.82, 2.24) is 4.98 Å². The molecule has 164 valence electrons. The molecule has 0 bridgehead atoms. The van der Waals surface area contributed by atoms with Crippen LogP contribution in [-0.2, 0) is 4.79 Å². The van der Waals surface area contributed by atoms with Gasteiger partial charge >= 0.3 is 5.97 Å². The van der Waals surface area contributed by atoms with E-state index in [1.165, 1.54) is 43.4 Å². The van der Waals surface area contributed by atoms with Crippen LogP contribution in [0.2, 0.25) is 0 Å². The highest BCUT2D eigenvalue weighted by atomic mass is 32.1. The van der Waals surface area contributed by atoms with Gasteiger partial charge in [-0.15, -0.1) is 0 Å². The Bertz CT molecular complexity index is 996. The van der Waals surface area contributed by atoms with E-state index in [1.54, 1.807) is 25.5 Å². The van der Waals surface area contributed by atoms with Gasteiger partial charge < -0.3 is 9.47 Å². The van der Waals surface area contributed by atoms with Crippen molar-refractivity contribution >= 4 is 38.9 Å². The summed E-state index contributed by atoms with van der Waals surface area (Å²) in [5.41, 5.74) is 1.82. The van der Waals surface area contributed by atoms with Crippen LogP contribution in [0.15, 0.2) is 47.5 Å². The van der Waals surface area contributed by atoms with Gasteiger partial charge in [-0.25, -0.2) is 9.98 Å². The zero-order valence-electron chi connectivity index (χ0n) is 18.3. The second kappa shape index (κ2) is 12.2. The van der Waals surface area contributed by atoms with Crippen molar-refractivity contribution in [2.24, 2.45) is 4.99 Å². The lowest BCUT2D eigenvalue weighted by Crippen LogP contribution is -2.07. The molecule has 2 aromatic carbocycles. The number of aliphatic imine (C=N–C) groups is 1. The second-order valence-corrected chi connectivity index (χ2v) is 8.51. The number of methoxy groups -OCH3 is 1. The Kier molecular flexibility index (Phi) is 9.03. The van der Waals surface area contributed by atoms with E-state index in [0.29, 0.717) is 17.3 Å². The van der Waals surface area contributed by atoms with Crippen molar-refractivity contribution in [2.75, 3.05) is 7.11 Å². The van der Waals surface area contributed by atoms with E-state index in [4.69, 9.17) is 9.47 Å². The Morgan fingerprint density at radius 1 is 1.00 bits per heavy atom. The normalized spacial score (nSPS) is 11.3. The minimum Gasteiger partial charge on any atom is -0.497 e. The number of esters is 1. The van der Waals surface area contributed by atoms with Gasteiger partial charge in [0.15, 0.2) is 0 Å². The van der Waals surface area contributed by atoms with Gasteiger partial charge in [-0.2, -0.15) is 0 Å². The van der Waals surface area contributed by atoms with Crippen LogP contribution in [0, 0.1) is 0 Å². The SMILES string of the molecule is CCCCCCCCCC(=O)Oc1ccc(/C=N/c2nc3ccc(OC)cc3s2)cc1. The molecule has 0 fully saturated rings. The van der Waals surface area contributed by atoms with Gasteiger partial charge in [0.05, 0.1) is 17.3 Å². The van der Waals surface area contributed by atoms with Crippen molar-refractivity contribution in [3.8, 4) is 11.5 Å². The third kappa shape index (κ3) is 7.47. The number of unbranched alkanes of at least 4 members (excludes halogenated alkanes) is 6. The minimum absolute atomic E-state index is 0.167. The average Bonchev–Trinajstić information content (AvgIpc) is 3.20. The maximum Gasteiger partial charge on any atom is 0.311 e. The third-order valence-electron chi connectivity index (χ3n) is 5.00. The first-order chi connectivity index (χ1) is 15.2. The molecule has 0 aliphatic heterocycles. The van der Waals surface area contributed by atoms with Crippen molar-refractivity contribution < 1.29 is 14.3 Å². The monoisotopic (exact) mass is 438 g/mol. The number of hydrogen-bond acceptors (Lipinski definition) is 6. The molecule has 0 radical (unpaired) electrons. The number of nitrogens with zero attached hydrogens (tertiary/aromatic N) is 2. The van der Waals surface area contributed by atoms with E-state index >= 15 is 0 Å². The zero-order chi connectivity index (χ0) is 21.9. The number of rotatable bonds is 12. The topological polar surface area (TPSA) is 60.8 Å². The van der Waals surface area contributed by atoms with Crippen LogP contribution in [0.3, 0.4) is 0 Å². The van der Waals surface area contributed by atoms with Crippen molar-refractivity contribution in [2.45, 2.75) is 58.3 Å². The van der Waals surface area contributed by atoms with Gasteiger partial charge in [0, 0.05) is 12.6 Å². The number of hydrogen-bond donors (Lipinski definition) is 0. The summed E-state index contributed by atoms with van der Waals surface area (Å²) < 4.78 is 11.7. The van der Waals surface area contributed by atoms with E-state index in [0.717, 1.165) is 34.4 Å². The third-order valence-corrected chi connectivity index (χ3v) is 5.93. The molecule has 1 heterocycles. The summed E-state index contributed by atoms with van der Waals surface area (Å²) >= 11 is 1.51. The van der Waals surface area contributed by atoms with Crippen LogP contribution < -0.4 is 9.47 Å². The van der Waals surface area contributed by atoms with Crippen molar-refractivity contribution in [3.63, 3.8) is 0 Å². The van der Waals surface area contributed by atoms with E-state index in [-0.39, 0.29) is 5.97 Å². The summed E-state index contributed by atoms with van der Waals surface area (Å²) in [4.78, 5) is 21.0. The molecule has 3 aromatic rings. The predicted octanol–water partition coefficient (Wildman–Crippen LogP) is 7.10. The van der Waals surface area contributed by atoms with Gasteiger partial charge in [0.2, 0.25) is 5.13 Å². The first-order valence-electron chi connectivity index (χ1n) is 11.0. The molecule has 0 aliphatic carbocycles. The fourth-order valence-electron chi connectivity index (χ4n) is 3.24.